The Hall–Kier alpha value is -1.49. The molecule has 1 N–H and O–H groups in total. The molecule has 0 bridgehead atoms. The molecule has 4 nitrogen and oxygen atoms in total. The molecule has 0 aromatic heterocycles. The van der Waals surface area contributed by atoms with E-state index in [-0.39, 0.29) is 12.4 Å². The first-order valence-electron chi connectivity index (χ1n) is 4.48. The van der Waals surface area contributed by atoms with Gasteiger partial charge in [-0.3, -0.25) is 0 Å². The number of nitrogens with one attached hydrogen (secondary N) is 1. The fourth-order valence-electron chi connectivity index (χ4n) is 1.40. The van der Waals surface area contributed by atoms with Crippen molar-refractivity contribution in [3.05, 3.63) is 24.0 Å². The molecule has 1 unspecified atom stereocenters. The van der Waals surface area contributed by atoms with Crippen LogP contribution in [0.1, 0.15) is 0 Å². The molecule has 0 fully saturated rings. The highest BCUT2D eigenvalue weighted by atomic mass is 35.5. The van der Waals surface area contributed by atoms with Gasteiger partial charge in [-0.25, -0.2) is 9.18 Å². The first-order chi connectivity index (χ1) is 7.20. The molecule has 6 heteroatoms. The summed E-state index contributed by atoms with van der Waals surface area (Å²) in [6.07, 6.45) is -0.718. The van der Waals surface area contributed by atoms with E-state index in [1.54, 1.807) is 6.07 Å². The summed E-state index contributed by atoms with van der Waals surface area (Å²) in [5.74, 6) is -0.546. The second-order valence-electron chi connectivity index (χ2n) is 3.15. The monoisotopic (exact) mass is 247 g/mol. The van der Waals surface area contributed by atoms with Crippen molar-refractivity contribution in [2.45, 2.75) is 6.10 Å². The minimum Gasteiger partial charge on any atom is -0.475 e. The fourth-order valence-corrected chi connectivity index (χ4v) is 1.40. The lowest BCUT2D eigenvalue weighted by Crippen LogP contribution is -2.38. The molecule has 88 valence electrons. The van der Waals surface area contributed by atoms with Crippen LogP contribution >= 0.6 is 12.4 Å². The lowest BCUT2D eigenvalue weighted by atomic mass is 10.2. The number of anilines is 1. The Bertz CT molecular complexity index is 400. The van der Waals surface area contributed by atoms with Crippen LogP contribution in [0, 0.1) is 5.82 Å². The van der Waals surface area contributed by atoms with Crippen molar-refractivity contribution in [1.82, 2.24) is 0 Å². The first-order valence-corrected chi connectivity index (χ1v) is 4.48. The number of hydrogen-bond donors (Lipinski definition) is 1. The van der Waals surface area contributed by atoms with E-state index in [2.05, 4.69) is 10.1 Å². The number of carbonyl (C=O) groups excluding carboxylic acids is 1. The Balaban J connectivity index is 0.00000128. The van der Waals surface area contributed by atoms with Crippen LogP contribution in [0.4, 0.5) is 10.1 Å². The van der Waals surface area contributed by atoms with Crippen molar-refractivity contribution in [2.24, 2.45) is 0 Å². The molecule has 0 radical (unpaired) electrons. The van der Waals surface area contributed by atoms with Crippen molar-refractivity contribution in [2.75, 3.05) is 19.0 Å². The highest BCUT2D eigenvalue weighted by molar-refractivity contribution is 5.85. The number of halogens is 2. The molecule has 1 aromatic rings. The molecule has 16 heavy (non-hydrogen) atoms. The fraction of sp³-hybridized carbons (Fsp3) is 0.300. The minimum atomic E-state index is -0.718. The maximum atomic E-state index is 12.9. The van der Waals surface area contributed by atoms with E-state index < -0.39 is 17.9 Å². The zero-order chi connectivity index (χ0) is 10.8. The van der Waals surface area contributed by atoms with Gasteiger partial charge in [0.15, 0.2) is 0 Å². The maximum absolute atomic E-state index is 12.9. The summed E-state index contributed by atoms with van der Waals surface area (Å²) >= 11 is 0. The Morgan fingerprint density at radius 2 is 2.38 bits per heavy atom. The molecule has 0 saturated carbocycles. The van der Waals surface area contributed by atoms with Crippen LogP contribution in [-0.2, 0) is 9.53 Å². The molecule has 1 aromatic carbocycles. The second-order valence-corrected chi connectivity index (χ2v) is 3.15. The number of benzene rings is 1. The summed E-state index contributed by atoms with van der Waals surface area (Å²) in [5, 5.41) is 2.96. The highest BCUT2D eigenvalue weighted by Gasteiger charge is 2.26. The number of esters is 1. The zero-order valence-electron chi connectivity index (χ0n) is 8.53. The Morgan fingerprint density at radius 3 is 3.06 bits per heavy atom. The first kappa shape index (κ1) is 12.6. The molecular weight excluding hydrogens is 237 g/mol. The average molecular weight is 248 g/mol. The topological polar surface area (TPSA) is 47.6 Å². The van der Waals surface area contributed by atoms with Gasteiger partial charge in [0.1, 0.15) is 11.6 Å². The van der Waals surface area contributed by atoms with Crippen LogP contribution in [0.2, 0.25) is 0 Å². The van der Waals surface area contributed by atoms with Gasteiger partial charge < -0.3 is 14.8 Å². The van der Waals surface area contributed by atoms with Crippen LogP contribution in [0.3, 0.4) is 0 Å². The van der Waals surface area contributed by atoms with Crippen LogP contribution < -0.4 is 10.1 Å². The molecule has 1 aliphatic heterocycles. The summed E-state index contributed by atoms with van der Waals surface area (Å²) in [6.45, 7) is 0.325. The number of carbonyl (C=O) groups is 1. The molecule has 1 heterocycles. The van der Waals surface area contributed by atoms with Gasteiger partial charge >= 0.3 is 5.97 Å². The van der Waals surface area contributed by atoms with Gasteiger partial charge in [0, 0.05) is 6.07 Å². The maximum Gasteiger partial charge on any atom is 0.348 e. The van der Waals surface area contributed by atoms with Gasteiger partial charge in [0.25, 0.3) is 0 Å². The third-order valence-corrected chi connectivity index (χ3v) is 2.15. The zero-order valence-corrected chi connectivity index (χ0v) is 9.34. The number of methoxy groups -OCH3 is 1. The van der Waals surface area contributed by atoms with Gasteiger partial charge in [-0.1, -0.05) is 0 Å². The summed E-state index contributed by atoms with van der Waals surface area (Å²) < 4.78 is 22.7. The van der Waals surface area contributed by atoms with E-state index in [0.717, 1.165) is 0 Å². The summed E-state index contributed by atoms with van der Waals surface area (Å²) in [4.78, 5) is 11.2. The standard InChI is InChI=1S/C10H10FNO3.ClH/c1-14-10(13)9-5-12-7-3-2-6(11)4-8(7)15-9;/h2-4,9,12H,5H2,1H3;1H. The second kappa shape index (κ2) is 5.03. The Morgan fingerprint density at radius 1 is 1.62 bits per heavy atom. The molecule has 1 aliphatic rings. The van der Waals surface area contributed by atoms with Gasteiger partial charge in [0.2, 0.25) is 6.10 Å². The third-order valence-electron chi connectivity index (χ3n) is 2.15. The quantitative estimate of drug-likeness (QED) is 0.766. The Labute approximate surface area is 98.1 Å². The van der Waals surface area contributed by atoms with E-state index in [1.165, 1.54) is 19.2 Å². The van der Waals surface area contributed by atoms with E-state index in [9.17, 15) is 9.18 Å². The van der Waals surface area contributed by atoms with Crippen molar-refractivity contribution < 1.29 is 18.7 Å². The molecule has 0 aliphatic carbocycles. The van der Waals surface area contributed by atoms with Gasteiger partial charge in [-0.05, 0) is 12.1 Å². The third kappa shape index (κ3) is 2.36. The summed E-state index contributed by atoms with van der Waals surface area (Å²) in [7, 11) is 1.28. The van der Waals surface area contributed by atoms with Gasteiger partial charge in [0.05, 0.1) is 19.3 Å². The van der Waals surface area contributed by atoms with Gasteiger partial charge in [-0.2, -0.15) is 0 Å². The number of fused-ring (bicyclic) bond motifs is 1. The molecule has 1 atom stereocenters. The lowest BCUT2D eigenvalue weighted by molar-refractivity contribution is -0.148. The number of ether oxygens (including phenoxy) is 2. The van der Waals surface area contributed by atoms with E-state index >= 15 is 0 Å². The summed E-state index contributed by atoms with van der Waals surface area (Å²) in [5.41, 5.74) is 0.677. The van der Waals surface area contributed by atoms with E-state index in [4.69, 9.17) is 4.74 Å². The van der Waals surface area contributed by atoms with Crippen molar-refractivity contribution in [1.29, 1.82) is 0 Å². The largest absolute Gasteiger partial charge is 0.475 e. The van der Waals surface area contributed by atoms with Gasteiger partial charge in [-0.15, -0.1) is 12.4 Å². The summed E-state index contributed by atoms with van der Waals surface area (Å²) in [6, 6.07) is 4.13. The molecule has 0 spiro atoms. The highest BCUT2D eigenvalue weighted by Crippen LogP contribution is 2.29. The van der Waals surface area contributed by atoms with Crippen LogP contribution in [-0.4, -0.2) is 25.7 Å². The molecule has 2 rings (SSSR count). The molecular formula is C10H11ClFNO3. The van der Waals surface area contributed by atoms with Crippen molar-refractivity contribution in [3.8, 4) is 5.75 Å². The van der Waals surface area contributed by atoms with Crippen molar-refractivity contribution in [3.63, 3.8) is 0 Å². The predicted octanol–water partition coefficient (Wildman–Crippen LogP) is 1.59. The Kier molecular flexibility index (Phi) is 3.95. The average Bonchev–Trinajstić information content (AvgIpc) is 2.27. The van der Waals surface area contributed by atoms with Crippen LogP contribution in [0.15, 0.2) is 18.2 Å². The smallest absolute Gasteiger partial charge is 0.348 e. The minimum absolute atomic E-state index is 0. The van der Waals surface area contributed by atoms with Crippen molar-refractivity contribution >= 4 is 24.1 Å². The normalized spacial score (nSPS) is 17.2. The molecule has 0 amide bonds. The van der Waals surface area contributed by atoms with E-state index in [0.29, 0.717) is 18.0 Å². The number of rotatable bonds is 1. The van der Waals surface area contributed by atoms with Crippen LogP contribution in [0.25, 0.3) is 0 Å². The SMILES string of the molecule is COC(=O)C1CNc2ccc(F)cc2O1.Cl. The predicted molar refractivity (Wildman–Crippen MR) is 58.6 cm³/mol. The lowest BCUT2D eigenvalue weighted by Gasteiger charge is -2.25. The van der Waals surface area contributed by atoms with Crippen LogP contribution in [0.5, 0.6) is 5.75 Å². The number of hydrogen-bond acceptors (Lipinski definition) is 4. The molecule has 0 saturated heterocycles. The van der Waals surface area contributed by atoms with E-state index in [1.807, 2.05) is 0 Å².